The van der Waals surface area contributed by atoms with Crippen molar-refractivity contribution in [1.82, 2.24) is 30.8 Å². The fraction of sp³-hybridized carbons (Fsp3) is 0.359. The summed E-state index contributed by atoms with van der Waals surface area (Å²) in [4.78, 5) is 49.8. The molecule has 51 heavy (non-hydrogen) atoms. The summed E-state index contributed by atoms with van der Waals surface area (Å²) in [7, 11) is 3.19. The van der Waals surface area contributed by atoms with Gasteiger partial charge in [0.2, 0.25) is 5.91 Å². The smallest absolute Gasteiger partial charge is 0.407 e. The van der Waals surface area contributed by atoms with Gasteiger partial charge in [-0.15, -0.1) is 0 Å². The van der Waals surface area contributed by atoms with Crippen molar-refractivity contribution in [2.24, 2.45) is 5.92 Å². The first-order chi connectivity index (χ1) is 24.6. The van der Waals surface area contributed by atoms with Crippen LogP contribution in [0.25, 0.3) is 0 Å². The Labute approximate surface area is 299 Å². The third kappa shape index (κ3) is 12.7. The molecule has 12 heteroatoms. The van der Waals surface area contributed by atoms with Gasteiger partial charge in [0, 0.05) is 43.8 Å². The van der Waals surface area contributed by atoms with Crippen LogP contribution in [0.3, 0.4) is 0 Å². The number of pyridine rings is 2. The summed E-state index contributed by atoms with van der Waals surface area (Å²) in [5.41, 5.74) is 3.37. The van der Waals surface area contributed by atoms with Crippen LogP contribution in [0.2, 0.25) is 0 Å². The summed E-state index contributed by atoms with van der Waals surface area (Å²) in [6, 6.07) is 21.9. The van der Waals surface area contributed by atoms with Gasteiger partial charge < -0.3 is 35.4 Å². The number of aromatic nitrogens is 2. The van der Waals surface area contributed by atoms with Gasteiger partial charge in [-0.05, 0) is 54.0 Å². The molecule has 2 aromatic heterocycles. The monoisotopic (exact) mass is 696 g/mol. The van der Waals surface area contributed by atoms with Crippen LogP contribution in [0.15, 0.2) is 104 Å². The molecule has 0 bridgehead atoms. The van der Waals surface area contributed by atoms with E-state index in [-0.39, 0.29) is 31.4 Å². The highest BCUT2D eigenvalue weighted by Gasteiger charge is 2.31. The third-order valence-corrected chi connectivity index (χ3v) is 8.36. The molecule has 0 radical (unpaired) electrons. The number of carbonyl (C=O) groups is 3. The number of hydrogen-bond donors (Lipinski definition) is 4. The second-order valence-electron chi connectivity index (χ2n) is 12.8. The number of aliphatic hydroxyl groups excluding tert-OH is 1. The lowest BCUT2D eigenvalue weighted by Crippen LogP contribution is -2.55. The van der Waals surface area contributed by atoms with E-state index in [1.54, 1.807) is 57.1 Å². The van der Waals surface area contributed by atoms with Crippen molar-refractivity contribution in [3.63, 3.8) is 0 Å². The van der Waals surface area contributed by atoms with Crippen LogP contribution in [-0.2, 0) is 35.5 Å². The molecule has 0 spiro atoms. The maximum atomic E-state index is 13.9. The van der Waals surface area contributed by atoms with Crippen molar-refractivity contribution in [1.29, 1.82) is 0 Å². The highest BCUT2D eigenvalue weighted by Crippen LogP contribution is 2.16. The molecule has 4 amide bonds. The maximum Gasteiger partial charge on any atom is 0.407 e. The summed E-state index contributed by atoms with van der Waals surface area (Å²) in [6.45, 7) is 3.99. The molecule has 4 aromatic rings. The summed E-state index contributed by atoms with van der Waals surface area (Å²) in [6.07, 6.45) is 5.59. The second kappa shape index (κ2) is 19.6. The molecular weight excluding hydrogens is 648 g/mol. The highest BCUT2D eigenvalue weighted by molar-refractivity contribution is 5.87. The summed E-state index contributed by atoms with van der Waals surface area (Å²) in [5, 5.41) is 20.5. The van der Waals surface area contributed by atoms with Crippen LogP contribution in [0.5, 0.6) is 5.75 Å². The first-order valence-corrected chi connectivity index (χ1v) is 17.0. The maximum absolute atomic E-state index is 13.9. The standard InChI is InChI=1S/C39H48N6O6/c1-27(2)36(44-38(48)45(3)25-31-19-33(50-4)24-41-23-31)37(47)42-32(18-28-12-7-5-8-13-28)21-35(46)34(20-29-14-9-6-10-15-29)43-39(49)51-26-30-16-11-17-40-22-30/h5-17,19,22-24,27,32,34-36,46H,18,20-21,25-26H2,1-4H3,(H,42,47)(H,43,49)(H,44,48)/t32-,34-,35-,36?/m0/s1. The Morgan fingerprint density at radius 3 is 2.08 bits per heavy atom. The highest BCUT2D eigenvalue weighted by atomic mass is 16.5. The zero-order valence-corrected chi connectivity index (χ0v) is 29.6. The van der Waals surface area contributed by atoms with E-state index in [2.05, 4.69) is 25.9 Å². The number of urea groups is 1. The van der Waals surface area contributed by atoms with Gasteiger partial charge in [0.25, 0.3) is 0 Å². The van der Waals surface area contributed by atoms with Gasteiger partial charge in [-0.2, -0.15) is 0 Å². The van der Waals surface area contributed by atoms with E-state index in [0.29, 0.717) is 18.6 Å². The minimum Gasteiger partial charge on any atom is -0.495 e. The SMILES string of the molecule is COc1cncc(CN(C)C(=O)NC(C(=O)N[C@@H](Cc2ccccc2)C[C@H](O)[C@H](Cc2ccccc2)NC(=O)OCc2cccnc2)C(C)C)c1. The topological polar surface area (TPSA) is 155 Å². The predicted octanol–water partition coefficient (Wildman–Crippen LogP) is 4.67. The molecule has 2 aromatic carbocycles. The van der Waals surface area contributed by atoms with E-state index >= 15 is 0 Å². The van der Waals surface area contributed by atoms with Crippen LogP contribution >= 0.6 is 0 Å². The van der Waals surface area contributed by atoms with E-state index in [9.17, 15) is 19.5 Å². The lowest BCUT2D eigenvalue weighted by Gasteiger charge is -2.30. The number of rotatable bonds is 17. The molecule has 0 aliphatic carbocycles. The molecule has 270 valence electrons. The molecule has 2 heterocycles. The zero-order valence-electron chi connectivity index (χ0n) is 29.6. The Morgan fingerprint density at radius 2 is 1.45 bits per heavy atom. The van der Waals surface area contributed by atoms with Crippen molar-refractivity contribution in [2.45, 2.75) is 70.5 Å². The first kappa shape index (κ1) is 38.3. The molecule has 4 atom stereocenters. The predicted molar refractivity (Wildman–Crippen MR) is 194 cm³/mol. The van der Waals surface area contributed by atoms with Crippen molar-refractivity contribution >= 4 is 18.0 Å². The molecule has 0 saturated carbocycles. The normalized spacial score (nSPS) is 13.3. The number of methoxy groups -OCH3 is 1. The van der Waals surface area contributed by atoms with E-state index in [1.807, 2.05) is 74.5 Å². The van der Waals surface area contributed by atoms with Gasteiger partial charge in [0.1, 0.15) is 18.4 Å². The average Bonchev–Trinajstić information content (AvgIpc) is 3.13. The van der Waals surface area contributed by atoms with E-state index < -0.39 is 36.4 Å². The zero-order chi connectivity index (χ0) is 36.6. The van der Waals surface area contributed by atoms with Gasteiger partial charge in [-0.25, -0.2) is 9.59 Å². The van der Waals surface area contributed by atoms with E-state index in [1.165, 1.54) is 4.90 Å². The minimum atomic E-state index is -1.07. The van der Waals surface area contributed by atoms with Crippen molar-refractivity contribution < 1.29 is 29.0 Å². The minimum absolute atomic E-state index is 0.0223. The Bertz CT molecular complexity index is 1660. The van der Waals surface area contributed by atoms with Gasteiger partial charge >= 0.3 is 12.1 Å². The Kier molecular flexibility index (Phi) is 14.8. The van der Waals surface area contributed by atoms with E-state index in [4.69, 9.17) is 9.47 Å². The number of ether oxygens (including phenoxy) is 2. The Morgan fingerprint density at radius 1 is 0.804 bits per heavy atom. The molecule has 0 fully saturated rings. The molecule has 1 unspecified atom stereocenters. The number of amides is 4. The third-order valence-electron chi connectivity index (χ3n) is 8.36. The average molecular weight is 697 g/mol. The van der Waals surface area contributed by atoms with Crippen LogP contribution in [0, 0.1) is 5.92 Å². The van der Waals surface area contributed by atoms with Gasteiger partial charge in [-0.3, -0.25) is 14.8 Å². The Balaban J connectivity index is 1.47. The molecule has 0 aliphatic heterocycles. The van der Waals surface area contributed by atoms with Gasteiger partial charge in [0.05, 0.1) is 25.5 Å². The fourth-order valence-corrected chi connectivity index (χ4v) is 5.60. The number of hydrogen-bond acceptors (Lipinski definition) is 8. The molecule has 0 aliphatic rings. The van der Waals surface area contributed by atoms with Crippen LogP contribution in [0.4, 0.5) is 9.59 Å². The van der Waals surface area contributed by atoms with Gasteiger partial charge in [-0.1, -0.05) is 80.6 Å². The number of aliphatic hydroxyl groups is 1. The molecular formula is C39H48N6O6. The number of benzene rings is 2. The second-order valence-corrected chi connectivity index (χ2v) is 12.8. The summed E-state index contributed by atoms with van der Waals surface area (Å²) in [5.74, 6) is -0.0492. The molecule has 4 N–H and O–H groups in total. The quantitative estimate of drug-likeness (QED) is 0.124. The van der Waals surface area contributed by atoms with Crippen LogP contribution in [-0.4, -0.2) is 76.4 Å². The van der Waals surface area contributed by atoms with Crippen molar-refractivity contribution in [3.05, 3.63) is 126 Å². The fourth-order valence-electron chi connectivity index (χ4n) is 5.60. The van der Waals surface area contributed by atoms with Crippen molar-refractivity contribution in [3.8, 4) is 5.75 Å². The number of nitrogens with one attached hydrogen (secondary N) is 3. The van der Waals surface area contributed by atoms with Crippen LogP contribution in [0.1, 0.15) is 42.5 Å². The summed E-state index contributed by atoms with van der Waals surface area (Å²) >= 11 is 0. The van der Waals surface area contributed by atoms with E-state index in [0.717, 1.165) is 22.3 Å². The molecule has 0 saturated heterocycles. The first-order valence-electron chi connectivity index (χ1n) is 17.0. The largest absolute Gasteiger partial charge is 0.495 e. The Hall–Kier alpha value is -5.49. The molecule has 4 rings (SSSR count). The number of alkyl carbamates (subject to hydrolysis) is 1. The molecule has 12 nitrogen and oxygen atoms in total. The lowest BCUT2D eigenvalue weighted by atomic mass is 9.93. The summed E-state index contributed by atoms with van der Waals surface area (Å²) < 4.78 is 10.7. The number of nitrogens with zero attached hydrogens (tertiary/aromatic N) is 3. The van der Waals surface area contributed by atoms with Crippen molar-refractivity contribution in [2.75, 3.05) is 14.2 Å². The van der Waals surface area contributed by atoms with Crippen LogP contribution < -0.4 is 20.7 Å². The van der Waals surface area contributed by atoms with Gasteiger partial charge in [0.15, 0.2) is 0 Å². The number of carbonyl (C=O) groups excluding carboxylic acids is 3. The lowest BCUT2D eigenvalue weighted by molar-refractivity contribution is -0.124.